The Bertz CT molecular complexity index is 1100. The molecule has 5 nitrogen and oxygen atoms in total. The molecule has 172 valence electrons. The number of ether oxygens (including phenoxy) is 3. The third-order valence-corrected chi connectivity index (χ3v) is 5.44. The van der Waals surface area contributed by atoms with Crippen molar-refractivity contribution in [2.75, 3.05) is 6.61 Å². The van der Waals surface area contributed by atoms with Gasteiger partial charge in [-0.2, -0.15) is 0 Å². The van der Waals surface area contributed by atoms with Crippen molar-refractivity contribution in [3.8, 4) is 23.0 Å². The van der Waals surface area contributed by atoms with E-state index in [0.29, 0.717) is 28.7 Å². The Morgan fingerprint density at radius 1 is 0.970 bits per heavy atom. The van der Waals surface area contributed by atoms with Gasteiger partial charge in [0.15, 0.2) is 0 Å². The molecule has 1 atom stereocenters. The minimum Gasteiger partial charge on any atom is -0.493 e. The number of halogens is 1. The van der Waals surface area contributed by atoms with Gasteiger partial charge >= 0.3 is 0 Å². The Morgan fingerprint density at radius 3 is 2.36 bits per heavy atom. The van der Waals surface area contributed by atoms with Crippen molar-refractivity contribution in [1.29, 1.82) is 0 Å². The molecule has 0 aliphatic heterocycles. The molecule has 3 aromatic rings. The minimum atomic E-state index is -0.399. The number of hydrogen-bond acceptors (Lipinski definition) is 4. The summed E-state index contributed by atoms with van der Waals surface area (Å²) in [6.45, 7) is 4.22. The molecule has 0 spiro atoms. The quantitative estimate of drug-likeness (QED) is 0.401. The van der Waals surface area contributed by atoms with Gasteiger partial charge in [0.1, 0.15) is 35.4 Å². The maximum Gasteiger partial charge on any atom is 0.217 e. The van der Waals surface area contributed by atoms with Gasteiger partial charge in [-0.3, -0.25) is 4.79 Å². The van der Waals surface area contributed by atoms with E-state index in [1.165, 1.54) is 25.8 Å². The van der Waals surface area contributed by atoms with Crippen LogP contribution < -0.4 is 19.5 Å². The standard InChI is InChI=1S/C27H28FNO4/c1-18(29-19(2)30)21-8-11-23(12-9-21)32-17-22-10-13-26(15-27(22)28)33-25-5-3-4-24(14-25)31-16-20-6-7-20/h3-5,8-15,18,20H,6-7,16-17H2,1-2H3,(H,29,30). The molecule has 1 fully saturated rings. The Kier molecular flexibility index (Phi) is 7.13. The predicted octanol–water partition coefficient (Wildman–Crippen LogP) is 6.18. The first-order chi connectivity index (χ1) is 16.0. The molecule has 33 heavy (non-hydrogen) atoms. The average molecular weight is 450 g/mol. The Hall–Kier alpha value is -3.54. The van der Waals surface area contributed by atoms with Gasteiger partial charge in [-0.15, -0.1) is 0 Å². The van der Waals surface area contributed by atoms with Crippen LogP contribution in [0.1, 0.15) is 43.9 Å². The number of carbonyl (C=O) groups is 1. The second kappa shape index (κ2) is 10.4. The minimum absolute atomic E-state index is 0.0830. The summed E-state index contributed by atoms with van der Waals surface area (Å²) in [6.07, 6.45) is 2.46. The largest absolute Gasteiger partial charge is 0.493 e. The van der Waals surface area contributed by atoms with Gasteiger partial charge in [0, 0.05) is 24.6 Å². The van der Waals surface area contributed by atoms with E-state index in [1.807, 2.05) is 43.3 Å². The van der Waals surface area contributed by atoms with Crippen molar-refractivity contribution < 1.29 is 23.4 Å². The molecule has 3 aromatic carbocycles. The molecule has 1 amide bonds. The van der Waals surface area contributed by atoms with Crippen LogP contribution in [-0.4, -0.2) is 12.5 Å². The lowest BCUT2D eigenvalue weighted by atomic mass is 10.1. The van der Waals surface area contributed by atoms with Crippen LogP contribution in [0.25, 0.3) is 0 Å². The summed E-state index contributed by atoms with van der Waals surface area (Å²) >= 11 is 0. The first-order valence-corrected chi connectivity index (χ1v) is 11.2. The predicted molar refractivity (Wildman–Crippen MR) is 124 cm³/mol. The van der Waals surface area contributed by atoms with Crippen LogP contribution in [0.5, 0.6) is 23.0 Å². The Morgan fingerprint density at radius 2 is 1.67 bits per heavy atom. The zero-order valence-corrected chi connectivity index (χ0v) is 18.8. The molecule has 0 aromatic heterocycles. The van der Waals surface area contributed by atoms with Crippen LogP contribution in [0, 0.1) is 11.7 Å². The van der Waals surface area contributed by atoms with Gasteiger partial charge in [-0.05, 0) is 67.6 Å². The van der Waals surface area contributed by atoms with Gasteiger partial charge in [0.25, 0.3) is 0 Å². The van der Waals surface area contributed by atoms with Gasteiger partial charge in [0.2, 0.25) is 5.91 Å². The third kappa shape index (κ3) is 6.72. The molecule has 0 radical (unpaired) electrons. The fourth-order valence-electron chi connectivity index (χ4n) is 3.37. The molecule has 6 heteroatoms. The normalized spacial score (nSPS) is 13.8. The van der Waals surface area contributed by atoms with Crippen molar-refractivity contribution in [2.45, 2.75) is 39.3 Å². The summed E-state index contributed by atoms with van der Waals surface area (Å²) in [5.41, 5.74) is 1.40. The van der Waals surface area contributed by atoms with Crippen molar-refractivity contribution in [1.82, 2.24) is 5.32 Å². The highest BCUT2D eigenvalue weighted by molar-refractivity contribution is 5.73. The monoisotopic (exact) mass is 449 g/mol. The summed E-state index contributed by atoms with van der Waals surface area (Å²) in [5, 5.41) is 2.83. The molecule has 1 aliphatic carbocycles. The molecular weight excluding hydrogens is 421 g/mol. The van der Waals surface area contributed by atoms with Crippen LogP contribution >= 0.6 is 0 Å². The van der Waals surface area contributed by atoms with E-state index >= 15 is 0 Å². The number of nitrogens with one attached hydrogen (secondary N) is 1. The molecule has 1 unspecified atom stereocenters. The van der Waals surface area contributed by atoms with Crippen LogP contribution in [0.2, 0.25) is 0 Å². The molecule has 0 saturated heterocycles. The number of benzene rings is 3. The summed E-state index contributed by atoms with van der Waals surface area (Å²) in [7, 11) is 0. The van der Waals surface area contributed by atoms with E-state index < -0.39 is 5.82 Å². The lowest BCUT2D eigenvalue weighted by Gasteiger charge is -2.14. The van der Waals surface area contributed by atoms with Crippen molar-refractivity contribution in [3.63, 3.8) is 0 Å². The highest BCUT2D eigenvalue weighted by Crippen LogP contribution is 2.31. The van der Waals surface area contributed by atoms with E-state index in [9.17, 15) is 9.18 Å². The lowest BCUT2D eigenvalue weighted by molar-refractivity contribution is -0.119. The zero-order chi connectivity index (χ0) is 23.2. The second-order valence-electron chi connectivity index (χ2n) is 8.36. The van der Waals surface area contributed by atoms with Gasteiger partial charge in [-0.1, -0.05) is 18.2 Å². The van der Waals surface area contributed by atoms with Crippen molar-refractivity contribution in [3.05, 3.63) is 83.7 Å². The van der Waals surface area contributed by atoms with E-state index in [4.69, 9.17) is 14.2 Å². The fourth-order valence-corrected chi connectivity index (χ4v) is 3.37. The van der Waals surface area contributed by atoms with Gasteiger partial charge in [0.05, 0.1) is 12.6 Å². The number of amides is 1. The smallest absolute Gasteiger partial charge is 0.217 e. The molecule has 0 bridgehead atoms. The third-order valence-electron chi connectivity index (χ3n) is 5.44. The van der Waals surface area contributed by atoms with Gasteiger partial charge < -0.3 is 19.5 Å². The molecule has 4 rings (SSSR count). The number of hydrogen-bond donors (Lipinski definition) is 1. The van der Waals surface area contributed by atoms with Crippen molar-refractivity contribution in [2.24, 2.45) is 5.92 Å². The van der Waals surface area contributed by atoms with Crippen LogP contribution in [-0.2, 0) is 11.4 Å². The average Bonchev–Trinajstić information content (AvgIpc) is 3.62. The van der Waals surface area contributed by atoms with Gasteiger partial charge in [-0.25, -0.2) is 4.39 Å². The molecular formula is C27H28FNO4. The molecule has 1 N–H and O–H groups in total. The number of carbonyl (C=O) groups excluding carboxylic acids is 1. The van der Waals surface area contributed by atoms with E-state index in [1.54, 1.807) is 24.3 Å². The zero-order valence-electron chi connectivity index (χ0n) is 18.8. The fraction of sp³-hybridized carbons (Fsp3) is 0.296. The summed E-state index contributed by atoms with van der Waals surface area (Å²) in [5.74, 6) is 2.57. The number of rotatable bonds is 10. The van der Waals surface area contributed by atoms with E-state index in [2.05, 4.69) is 5.32 Å². The Balaban J connectivity index is 1.32. The lowest BCUT2D eigenvalue weighted by Crippen LogP contribution is -2.23. The molecule has 1 aliphatic rings. The molecule has 0 heterocycles. The SMILES string of the molecule is CC(=O)NC(C)c1ccc(OCc2ccc(Oc3cccc(OCC4CC4)c3)cc2F)cc1. The first kappa shape index (κ1) is 22.6. The summed E-state index contributed by atoms with van der Waals surface area (Å²) < 4.78 is 31.9. The summed E-state index contributed by atoms with van der Waals surface area (Å²) in [6, 6.07) is 19.4. The second-order valence-corrected chi connectivity index (χ2v) is 8.36. The van der Waals surface area contributed by atoms with Crippen molar-refractivity contribution >= 4 is 5.91 Å². The topological polar surface area (TPSA) is 56.8 Å². The molecule has 1 saturated carbocycles. The Labute approximate surface area is 193 Å². The maximum absolute atomic E-state index is 14.6. The van der Waals surface area contributed by atoms with Crippen LogP contribution in [0.4, 0.5) is 4.39 Å². The first-order valence-electron chi connectivity index (χ1n) is 11.2. The van der Waals surface area contributed by atoms with E-state index in [-0.39, 0.29) is 18.6 Å². The van der Waals surface area contributed by atoms with Crippen LogP contribution in [0.3, 0.4) is 0 Å². The highest BCUT2D eigenvalue weighted by Gasteiger charge is 2.21. The van der Waals surface area contributed by atoms with E-state index in [0.717, 1.165) is 17.9 Å². The maximum atomic E-state index is 14.6. The highest BCUT2D eigenvalue weighted by atomic mass is 19.1. The van der Waals surface area contributed by atoms with Crippen LogP contribution in [0.15, 0.2) is 66.7 Å². The summed E-state index contributed by atoms with van der Waals surface area (Å²) in [4.78, 5) is 11.2.